The molecule has 0 aliphatic carbocycles. The van der Waals surface area contributed by atoms with E-state index in [-0.39, 0.29) is 5.56 Å². The summed E-state index contributed by atoms with van der Waals surface area (Å²) in [5, 5.41) is 12.0. The highest BCUT2D eigenvalue weighted by molar-refractivity contribution is 5.35. The van der Waals surface area contributed by atoms with Crippen molar-refractivity contribution in [1.29, 1.82) is 5.26 Å². The smallest absolute Gasteiger partial charge is 0.309 e. The van der Waals surface area contributed by atoms with Crippen molar-refractivity contribution in [2.45, 2.75) is 18.6 Å². The maximum absolute atomic E-state index is 12.9. The highest BCUT2D eigenvalue weighted by Crippen LogP contribution is 2.34. The molecular formula is C14H18F3N3. The van der Waals surface area contributed by atoms with Crippen LogP contribution in [-0.2, 0) is 6.18 Å². The van der Waals surface area contributed by atoms with Gasteiger partial charge in [0.05, 0.1) is 11.6 Å². The van der Waals surface area contributed by atoms with Crippen molar-refractivity contribution < 1.29 is 13.2 Å². The summed E-state index contributed by atoms with van der Waals surface area (Å²) >= 11 is 0. The van der Waals surface area contributed by atoms with Crippen molar-refractivity contribution >= 4 is 0 Å². The lowest BCUT2D eigenvalue weighted by atomic mass is 10.0. The van der Waals surface area contributed by atoms with Crippen molar-refractivity contribution in [2.75, 3.05) is 27.2 Å². The predicted octanol–water partition coefficient (Wildman–Crippen LogP) is 2.81. The molecule has 0 saturated heterocycles. The highest BCUT2D eigenvalue weighted by Gasteiger charge is 2.34. The summed E-state index contributed by atoms with van der Waals surface area (Å²) in [6.45, 7) is 1.30. The number of benzene rings is 1. The first kappa shape index (κ1) is 16.5. The summed E-state index contributed by atoms with van der Waals surface area (Å²) in [6, 6.07) is 6.13. The monoisotopic (exact) mass is 285 g/mol. The summed E-state index contributed by atoms with van der Waals surface area (Å²) in [5.41, 5.74) is -0.779. The van der Waals surface area contributed by atoms with Gasteiger partial charge in [0.2, 0.25) is 0 Å². The van der Waals surface area contributed by atoms with Gasteiger partial charge in [-0.25, -0.2) is 0 Å². The van der Waals surface area contributed by atoms with Crippen LogP contribution in [0.5, 0.6) is 0 Å². The average Bonchev–Trinajstić information content (AvgIpc) is 2.37. The molecule has 0 saturated carbocycles. The molecule has 1 aromatic rings. The van der Waals surface area contributed by atoms with Gasteiger partial charge in [0, 0.05) is 0 Å². The third-order valence-electron chi connectivity index (χ3n) is 2.84. The van der Waals surface area contributed by atoms with Crippen LogP contribution < -0.4 is 5.32 Å². The van der Waals surface area contributed by atoms with E-state index in [1.54, 1.807) is 0 Å². The van der Waals surface area contributed by atoms with E-state index < -0.39 is 17.8 Å². The van der Waals surface area contributed by atoms with Crippen LogP contribution in [0, 0.1) is 11.3 Å². The summed E-state index contributed by atoms with van der Waals surface area (Å²) in [7, 11) is 3.83. The molecule has 1 rings (SSSR count). The summed E-state index contributed by atoms with van der Waals surface area (Å²) < 4.78 is 38.7. The molecule has 1 N–H and O–H groups in total. The largest absolute Gasteiger partial charge is 0.416 e. The van der Waals surface area contributed by atoms with Gasteiger partial charge in [0.25, 0.3) is 0 Å². The molecule has 0 bridgehead atoms. The molecule has 0 spiro atoms. The zero-order valence-electron chi connectivity index (χ0n) is 11.5. The Balaban J connectivity index is 2.78. The highest BCUT2D eigenvalue weighted by atomic mass is 19.4. The third kappa shape index (κ3) is 4.83. The van der Waals surface area contributed by atoms with Gasteiger partial charge in [0.1, 0.15) is 6.04 Å². The van der Waals surface area contributed by atoms with Crippen LogP contribution in [0.3, 0.4) is 0 Å². The number of nitrogens with one attached hydrogen (secondary N) is 1. The summed E-state index contributed by atoms with van der Waals surface area (Å²) in [4.78, 5) is 1.98. The normalized spacial score (nSPS) is 13.2. The van der Waals surface area contributed by atoms with E-state index >= 15 is 0 Å². The Bertz CT molecular complexity index is 463. The van der Waals surface area contributed by atoms with Crippen LogP contribution in [0.15, 0.2) is 24.3 Å². The van der Waals surface area contributed by atoms with Gasteiger partial charge in [-0.3, -0.25) is 5.32 Å². The molecule has 0 amide bonds. The zero-order chi connectivity index (χ0) is 15.2. The topological polar surface area (TPSA) is 39.1 Å². The van der Waals surface area contributed by atoms with E-state index in [4.69, 9.17) is 5.26 Å². The summed E-state index contributed by atoms with van der Waals surface area (Å²) in [5.74, 6) is 0. The second-order valence-electron chi connectivity index (χ2n) is 4.76. The molecule has 1 unspecified atom stereocenters. The molecule has 0 fully saturated rings. The van der Waals surface area contributed by atoms with Crippen LogP contribution in [0.2, 0.25) is 0 Å². The Morgan fingerprint density at radius 1 is 1.30 bits per heavy atom. The quantitative estimate of drug-likeness (QED) is 0.817. The molecule has 110 valence electrons. The predicted molar refractivity (Wildman–Crippen MR) is 71.0 cm³/mol. The van der Waals surface area contributed by atoms with Crippen LogP contribution in [0.25, 0.3) is 0 Å². The minimum absolute atomic E-state index is 0.0210. The van der Waals surface area contributed by atoms with Gasteiger partial charge >= 0.3 is 6.18 Å². The number of hydrogen-bond acceptors (Lipinski definition) is 3. The molecule has 0 aliphatic heterocycles. The first-order valence-electron chi connectivity index (χ1n) is 6.30. The molecule has 1 atom stereocenters. The average molecular weight is 285 g/mol. The second-order valence-corrected chi connectivity index (χ2v) is 4.76. The number of nitriles is 1. The van der Waals surface area contributed by atoms with Gasteiger partial charge in [-0.1, -0.05) is 18.2 Å². The number of hydrogen-bond donors (Lipinski definition) is 1. The lowest BCUT2D eigenvalue weighted by Crippen LogP contribution is -2.26. The van der Waals surface area contributed by atoms with Crippen molar-refractivity contribution in [3.05, 3.63) is 35.4 Å². The molecule has 0 radical (unpaired) electrons. The molecule has 1 aromatic carbocycles. The molecule has 0 aromatic heterocycles. The van der Waals surface area contributed by atoms with Crippen molar-refractivity contribution in [1.82, 2.24) is 10.2 Å². The Labute approximate surface area is 117 Å². The fourth-order valence-corrected chi connectivity index (χ4v) is 1.87. The van der Waals surface area contributed by atoms with E-state index in [0.717, 1.165) is 19.0 Å². The molecule has 6 heteroatoms. The summed E-state index contributed by atoms with van der Waals surface area (Å²) in [6.07, 6.45) is -3.68. The van der Waals surface area contributed by atoms with Gasteiger partial charge in [0.15, 0.2) is 0 Å². The Hall–Kier alpha value is -1.58. The second kappa shape index (κ2) is 7.27. The molecule has 0 heterocycles. The van der Waals surface area contributed by atoms with E-state index in [0.29, 0.717) is 6.54 Å². The van der Waals surface area contributed by atoms with Crippen molar-refractivity contribution in [3.8, 4) is 6.07 Å². The maximum atomic E-state index is 12.9. The van der Waals surface area contributed by atoms with Gasteiger partial charge in [-0.05, 0) is 45.2 Å². The van der Waals surface area contributed by atoms with Crippen LogP contribution in [-0.4, -0.2) is 32.1 Å². The minimum Gasteiger partial charge on any atom is -0.309 e. The van der Waals surface area contributed by atoms with Crippen LogP contribution >= 0.6 is 0 Å². The van der Waals surface area contributed by atoms with Crippen LogP contribution in [0.4, 0.5) is 13.2 Å². The first-order valence-corrected chi connectivity index (χ1v) is 6.30. The Morgan fingerprint density at radius 3 is 2.50 bits per heavy atom. The zero-order valence-corrected chi connectivity index (χ0v) is 11.5. The fourth-order valence-electron chi connectivity index (χ4n) is 1.87. The molecule has 3 nitrogen and oxygen atoms in total. The standard InChI is InChI=1S/C14H18F3N3/c1-20(2)9-5-8-19-13(10-18)11-6-3-4-7-12(11)14(15,16)17/h3-4,6-7,13,19H,5,8-9H2,1-2H3. The van der Waals surface area contributed by atoms with E-state index in [9.17, 15) is 13.2 Å². The minimum atomic E-state index is -4.45. The van der Waals surface area contributed by atoms with E-state index in [2.05, 4.69) is 5.32 Å². The SMILES string of the molecule is CN(C)CCCNC(C#N)c1ccccc1C(F)(F)F. The number of alkyl halides is 3. The maximum Gasteiger partial charge on any atom is 0.416 e. The lowest BCUT2D eigenvalue weighted by Gasteiger charge is -2.18. The lowest BCUT2D eigenvalue weighted by molar-refractivity contribution is -0.138. The fraction of sp³-hybridized carbons (Fsp3) is 0.500. The number of halogens is 3. The first-order chi connectivity index (χ1) is 9.36. The number of nitrogens with zero attached hydrogens (tertiary/aromatic N) is 2. The number of rotatable bonds is 6. The van der Waals surface area contributed by atoms with E-state index in [1.807, 2.05) is 25.1 Å². The molecule has 0 aliphatic rings. The molecular weight excluding hydrogens is 267 g/mol. The Morgan fingerprint density at radius 2 is 1.95 bits per heavy atom. The molecule has 20 heavy (non-hydrogen) atoms. The van der Waals surface area contributed by atoms with E-state index in [1.165, 1.54) is 18.2 Å². The van der Waals surface area contributed by atoms with Crippen LogP contribution in [0.1, 0.15) is 23.6 Å². The Kier molecular flexibility index (Phi) is 5.99. The van der Waals surface area contributed by atoms with Gasteiger partial charge in [-0.15, -0.1) is 0 Å². The van der Waals surface area contributed by atoms with Gasteiger partial charge in [-0.2, -0.15) is 18.4 Å². The van der Waals surface area contributed by atoms with Crippen molar-refractivity contribution in [3.63, 3.8) is 0 Å². The van der Waals surface area contributed by atoms with Crippen molar-refractivity contribution in [2.24, 2.45) is 0 Å². The third-order valence-corrected chi connectivity index (χ3v) is 2.84. The van der Waals surface area contributed by atoms with Gasteiger partial charge < -0.3 is 4.90 Å².